The van der Waals surface area contributed by atoms with E-state index in [-0.39, 0.29) is 12.5 Å². The van der Waals surface area contributed by atoms with Crippen LogP contribution in [0.4, 0.5) is 0 Å². The lowest BCUT2D eigenvalue weighted by Crippen LogP contribution is -2.29. The van der Waals surface area contributed by atoms with E-state index < -0.39 is 6.10 Å². The van der Waals surface area contributed by atoms with Gasteiger partial charge in [0.2, 0.25) is 0 Å². The van der Waals surface area contributed by atoms with Crippen molar-refractivity contribution in [1.82, 2.24) is 10.3 Å². The van der Waals surface area contributed by atoms with Crippen molar-refractivity contribution in [2.75, 3.05) is 6.54 Å². The Kier molecular flexibility index (Phi) is 4.65. The molecule has 1 amide bonds. The summed E-state index contributed by atoms with van der Waals surface area (Å²) in [6, 6.07) is 12.7. The maximum atomic E-state index is 11.9. The Labute approximate surface area is 119 Å². The lowest BCUT2D eigenvalue weighted by molar-refractivity contribution is 0.0910. The molecule has 0 radical (unpaired) electrons. The highest BCUT2D eigenvalue weighted by Crippen LogP contribution is 2.14. The second-order valence-electron chi connectivity index (χ2n) is 3.97. The van der Waals surface area contributed by atoms with Crippen LogP contribution in [0.5, 0.6) is 0 Å². The fourth-order valence-electron chi connectivity index (χ4n) is 1.62. The van der Waals surface area contributed by atoms with Crippen molar-refractivity contribution in [3.63, 3.8) is 0 Å². The summed E-state index contributed by atoms with van der Waals surface area (Å²) < 4.78 is 0.627. The third kappa shape index (κ3) is 3.62. The number of nitrogens with zero attached hydrogens (tertiary/aromatic N) is 1. The molecule has 19 heavy (non-hydrogen) atoms. The number of aliphatic hydroxyl groups is 1. The lowest BCUT2D eigenvalue weighted by Gasteiger charge is -2.12. The molecule has 2 aromatic rings. The van der Waals surface area contributed by atoms with E-state index in [1.807, 2.05) is 30.3 Å². The number of aromatic nitrogens is 1. The highest BCUT2D eigenvalue weighted by molar-refractivity contribution is 9.10. The molecular formula is C14H13BrN2O2. The Morgan fingerprint density at radius 1 is 1.26 bits per heavy atom. The number of aliphatic hydroxyl groups excluding tert-OH is 1. The van der Waals surface area contributed by atoms with E-state index in [1.54, 1.807) is 18.3 Å². The molecule has 1 unspecified atom stereocenters. The second-order valence-corrected chi connectivity index (χ2v) is 4.82. The molecule has 2 rings (SSSR count). The maximum absolute atomic E-state index is 11.9. The van der Waals surface area contributed by atoms with Crippen molar-refractivity contribution in [2.45, 2.75) is 6.10 Å². The Hall–Kier alpha value is -1.72. The van der Waals surface area contributed by atoms with Gasteiger partial charge in [0.25, 0.3) is 5.91 Å². The molecule has 0 aliphatic rings. The predicted octanol–water partition coefficient (Wildman–Crippen LogP) is 2.31. The van der Waals surface area contributed by atoms with E-state index >= 15 is 0 Å². The number of benzene rings is 1. The quantitative estimate of drug-likeness (QED) is 0.908. The molecule has 0 fully saturated rings. The van der Waals surface area contributed by atoms with Gasteiger partial charge in [-0.1, -0.05) is 30.3 Å². The zero-order valence-corrected chi connectivity index (χ0v) is 11.7. The van der Waals surface area contributed by atoms with E-state index in [9.17, 15) is 9.90 Å². The summed E-state index contributed by atoms with van der Waals surface area (Å²) in [5, 5.41) is 12.6. The van der Waals surface area contributed by atoms with Gasteiger partial charge in [0.15, 0.2) is 0 Å². The Balaban J connectivity index is 1.96. The van der Waals surface area contributed by atoms with E-state index in [1.165, 1.54) is 0 Å². The number of hydrogen-bond donors (Lipinski definition) is 2. The largest absolute Gasteiger partial charge is 0.387 e. The molecular weight excluding hydrogens is 308 g/mol. The topological polar surface area (TPSA) is 62.2 Å². The van der Waals surface area contributed by atoms with Crippen LogP contribution < -0.4 is 5.32 Å². The first-order valence-corrected chi connectivity index (χ1v) is 6.59. The summed E-state index contributed by atoms with van der Waals surface area (Å²) in [5.74, 6) is -0.317. The van der Waals surface area contributed by atoms with Crippen LogP contribution >= 0.6 is 15.9 Å². The molecule has 2 N–H and O–H groups in total. The van der Waals surface area contributed by atoms with Crippen molar-refractivity contribution < 1.29 is 9.90 Å². The molecule has 1 heterocycles. The van der Waals surface area contributed by atoms with Gasteiger partial charge in [-0.3, -0.25) is 4.79 Å². The number of pyridine rings is 1. The third-order valence-corrected chi connectivity index (χ3v) is 3.25. The van der Waals surface area contributed by atoms with Crippen LogP contribution in [0.15, 0.2) is 53.1 Å². The normalized spacial score (nSPS) is 11.9. The summed E-state index contributed by atoms with van der Waals surface area (Å²) in [4.78, 5) is 15.9. The minimum absolute atomic E-state index is 0.145. The molecule has 0 saturated heterocycles. The van der Waals surface area contributed by atoms with Gasteiger partial charge in [-0.25, -0.2) is 4.98 Å². The molecule has 98 valence electrons. The molecule has 0 saturated carbocycles. The van der Waals surface area contributed by atoms with Gasteiger partial charge in [0.05, 0.1) is 6.10 Å². The van der Waals surface area contributed by atoms with Gasteiger partial charge >= 0.3 is 0 Å². The molecule has 1 atom stereocenters. The number of carbonyl (C=O) groups excluding carboxylic acids is 1. The van der Waals surface area contributed by atoms with Crippen molar-refractivity contribution in [1.29, 1.82) is 0 Å². The summed E-state index contributed by atoms with van der Waals surface area (Å²) in [7, 11) is 0. The fourth-order valence-corrected chi connectivity index (χ4v) is 2.05. The summed E-state index contributed by atoms with van der Waals surface area (Å²) in [5.41, 5.74) is 1.07. The first-order chi connectivity index (χ1) is 9.18. The standard InChI is InChI=1S/C14H13BrN2O2/c15-11-7-4-8-16-13(11)14(19)17-9-12(18)10-5-2-1-3-6-10/h1-8,12,18H,9H2,(H,17,19). The van der Waals surface area contributed by atoms with Crippen LogP contribution in [0.2, 0.25) is 0 Å². The van der Waals surface area contributed by atoms with Crippen LogP contribution in [0.3, 0.4) is 0 Å². The second kappa shape index (κ2) is 6.45. The van der Waals surface area contributed by atoms with Crippen LogP contribution in [0.1, 0.15) is 22.2 Å². The fraction of sp³-hybridized carbons (Fsp3) is 0.143. The zero-order chi connectivity index (χ0) is 13.7. The van der Waals surface area contributed by atoms with Gasteiger partial charge in [-0.05, 0) is 33.6 Å². The van der Waals surface area contributed by atoms with Crippen LogP contribution in [0, 0.1) is 0 Å². The van der Waals surface area contributed by atoms with Crippen LogP contribution in [0.25, 0.3) is 0 Å². The van der Waals surface area contributed by atoms with Gasteiger partial charge in [-0.2, -0.15) is 0 Å². The Bertz CT molecular complexity index is 560. The van der Waals surface area contributed by atoms with Crippen molar-refractivity contribution in [3.05, 3.63) is 64.4 Å². The number of carbonyl (C=O) groups is 1. The molecule has 0 aliphatic carbocycles. The van der Waals surface area contributed by atoms with Crippen LogP contribution in [-0.4, -0.2) is 22.5 Å². The summed E-state index contributed by atoms with van der Waals surface area (Å²) in [6.07, 6.45) is 0.820. The Morgan fingerprint density at radius 2 is 2.00 bits per heavy atom. The van der Waals surface area contributed by atoms with Gasteiger partial charge in [0, 0.05) is 17.2 Å². The SMILES string of the molecule is O=C(NCC(O)c1ccccc1)c1ncccc1Br. The van der Waals surface area contributed by atoms with Crippen molar-refractivity contribution >= 4 is 21.8 Å². The molecule has 5 heteroatoms. The summed E-state index contributed by atoms with van der Waals surface area (Å²) >= 11 is 3.26. The third-order valence-electron chi connectivity index (χ3n) is 2.61. The molecule has 4 nitrogen and oxygen atoms in total. The van der Waals surface area contributed by atoms with Crippen molar-refractivity contribution in [2.24, 2.45) is 0 Å². The molecule has 0 spiro atoms. The minimum atomic E-state index is -0.729. The highest BCUT2D eigenvalue weighted by atomic mass is 79.9. The zero-order valence-electron chi connectivity index (χ0n) is 10.1. The monoisotopic (exact) mass is 320 g/mol. The Morgan fingerprint density at radius 3 is 2.68 bits per heavy atom. The van der Waals surface area contributed by atoms with E-state index in [0.29, 0.717) is 10.2 Å². The molecule has 0 bridgehead atoms. The van der Waals surface area contributed by atoms with E-state index in [0.717, 1.165) is 5.56 Å². The first-order valence-electron chi connectivity index (χ1n) is 5.80. The van der Waals surface area contributed by atoms with Gasteiger partial charge in [0.1, 0.15) is 5.69 Å². The van der Waals surface area contributed by atoms with Gasteiger partial charge < -0.3 is 10.4 Å². The van der Waals surface area contributed by atoms with Crippen molar-refractivity contribution in [3.8, 4) is 0 Å². The predicted molar refractivity (Wildman–Crippen MR) is 75.7 cm³/mol. The average molecular weight is 321 g/mol. The smallest absolute Gasteiger partial charge is 0.271 e. The first kappa shape index (κ1) is 13.7. The highest BCUT2D eigenvalue weighted by Gasteiger charge is 2.13. The lowest BCUT2D eigenvalue weighted by atomic mass is 10.1. The minimum Gasteiger partial charge on any atom is -0.387 e. The van der Waals surface area contributed by atoms with Gasteiger partial charge in [-0.15, -0.1) is 0 Å². The molecule has 1 aromatic heterocycles. The molecule has 1 aromatic carbocycles. The number of nitrogens with one attached hydrogen (secondary N) is 1. The van der Waals surface area contributed by atoms with Crippen LogP contribution in [-0.2, 0) is 0 Å². The number of amides is 1. The summed E-state index contributed by atoms with van der Waals surface area (Å²) in [6.45, 7) is 0.145. The number of hydrogen-bond acceptors (Lipinski definition) is 3. The average Bonchev–Trinajstić information content (AvgIpc) is 2.46. The number of rotatable bonds is 4. The maximum Gasteiger partial charge on any atom is 0.271 e. The van der Waals surface area contributed by atoms with E-state index in [2.05, 4.69) is 26.2 Å². The van der Waals surface area contributed by atoms with E-state index in [4.69, 9.17) is 0 Å². The number of halogens is 1. The molecule has 0 aliphatic heterocycles.